The summed E-state index contributed by atoms with van der Waals surface area (Å²) in [5.74, 6) is 0. The molecule has 2 fully saturated rings. The summed E-state index contributed by atoms with van der Waals surface area (Å²) in [7, 11) is 0. The Morgan fingerprint density at radius 2 is 1.59 bits per heavy atom. The highest BCUT2D eigenvalue weighted by atomic mass is 35.5. The minimum absolute atomic E-state index is 0.239. The second kappa shape index (κ2) is 9.67. The van der Waals surface area contributed by atoms with Crippen LogP contribution in [0.5, 0.6) is 6.01 Å². The molecular weight excluding hydrogens is 542 g/mol. The Hall–Kier alpha value is -4.28. The lowest BCUT2D eigenvalue weighted by molar-refractivity contribution is 0.00706. The van der Waals surface area contributed by atoms with Gasteiger partial charge in [-0.25, -0.2) is 9.97 Å². The first-order valence-electron chi connectivity index (χ1n) is 13.4. The predicted octanol–water partition coefficient (Wildman–Crippen LogP) is 5.17. The minimum Gasteiger partial charge on any atom is -0.456 e. The van der Waals surface area contributed by atoms with Crippen LogP contribution < -0.4 is 4.74 Å². The molecule has 0 unspecified atom stereocenters. The Morgan fingerprint density at radius 3 is 2.37 bits per heavy atom. The van der Waals surface area contributed by atoms with E-state index in [1.165, 1.54) is 0 Å². The smallest absolute Gasteiger partial charge is 0.296 e. The van der Waals surface area contributed by atoms with Crippen molar-refractivity contribution in [1.29, 1.82) is 0 Å². The van der Waals surface area contributed by atoms with E-state index in [0.29, 0.717) is 34.5 Å². The van der Waals surface area contributed by atoms with Gasteiger partial charge in [-0.2, -0.15) is 4.98 Å². The zero-order chi connectivity index (χ0) is 27.5. The van der Waals surface area contributed by atoms with Crippen LogP contribution in [-0.4, -0.2) is 67.1 Å². The van der Waals surface area contributed by atoms with Crippen molar-refractivity contribution in [3.05, 3.63) is 90.2 Å². The number of benzene rings is 2. The molecule has 4 atom stereocenters. The Morgan fingerprint density at radius 1 is 0.854 bits per heavy atom. The molecule has 2 saturated heterocycles. The van der Waals surface area contributed by atoms with E-state index in [1.54, 1.807) is 6.07 Å². The highest BCUT2D eigenvalue weighted by Crippen LogP contribution is 2.33. The summed E-state index contributed by atoms with van der Waals surface area (Å²) in [5, 5.41) is 10.5. The minimum atomic E-state index is -0.638. The zero-order valence-electron chi connectivity index (χ0n) is 21.6. The number of hydrogen-bond acceptors (Lipinski definition) is 7. The van der Waals surface area contributed by atoms with Gasteiger partial charge in [0.25, 0.3) is 6.01 Å². The molecule has 41 heavy (non-hydrogen) atoms. The van der Waals surface area contributed by atoms with Gasteiger partial charge in [0.2, 0.25) is 0 Å². The molecule has 0 spiro atoms. The van der Waals surface area contributed by atoms with Crippen LogP contribution in [0.15, 0.2) is 85.2 Å². The summed E-state index contributed by atoms with van der Waals surface area (Å²) in [4.78, 5) is 17.1. The van der Waals surface area contributed by atoms with Crippen molar-refractivity contribution in [2.75, 3.05) is 13.2 Å². The maximum Gasteiger partial charge on any atom is 0.296 e. The van der Waals surface area contributed by atoms with E-state index in [9.17, 15) is 5.11 Å². The first-order chi connectivity index (χ1) is 20.1. The molecule has 6 heterocycles. The predicted molar refractivity (Wildman–Crippen MR) is 154 cm³/mol. The summed E-state index contributed by atoms with van der Waals surface area (Å²) in [6, 6.07) is 24.6. The van der Waals surface area contributed by atoms with Gasteiger partial charge in [0.1, 0.15) is 24.0 Å². The molecule has 2 aromatic carbocycles. The van der Waals surface area contributed by atoms with Crippen molar-refractivity contribution in [1.82, 2.24) is 24.3 Å². The second-order valence-corrected chi connectivity index (χ2v) is 10.7. The van der Waals surface area contributed by atoms with Gasteiger partial charge in [-0.3, -0.25) is 0 Å². The van der Waals surface area contributed by atoms with Crippen molar-refractivity contribution >= 4 is 28.4 Å². The number of imidazole rings is 2. The fourth-order valence-corrected chi connectivity index (χ4v) is 5.83. The maximum absolute atomic E-state index is 9.97. The molecule has 2 aliphatic heterocycles. The fraction of sp³-hybridized carbons (Fsp3) is 0.194. The Balaban J connectivity index is 1.01. The van der Waals surface area contributed by atoms with E-state index in [-0.39, 0.29) is 24.9 Å². The summed E-state index contributed by atoms with van der Waals surface area (Å²) >= 11 is 6.64. The summed E-state index contributed by atoms with van der Waals surface area (Å²) in [5.41, 5.74) is 7.79. The number of aromatic amines is 1. The molecule has 4 aromatic heterocycles. The number of aromatic nitrogens is 5. The van der Waals surface area contributed by atoms with Crippen molar-refractivity contribution < 1.29 is 19.3 Å². The van der Waals surface area contributed by atoms with Crippen LogP contribution >= 0.6 is 11.6 Å². The quantitative estimate of drug-likeness (QED) is 0.297. The van der Waals surface area contributed by atoms with Gasteiger partial charge < -0.3 is 28.7 Å². The molecule has 9 nitrogen and oxygen atoms in total. The summed E-state index contributed by atoms with van der Waals surface area (Å²) in [6.45, 7) is 0.557. The molecule has 0 amide bonds. The molecular formula is C31H24ClN5O4. The normalized spacial score (nSPS) is 22.0. The van der Waals surface area contributed by atoms with E-state index in [1.807, 2.05) is 47.1 Å². The third-order valence-corrected chi connectivity index (χ3v) is 7.97. The maximum atomic E-state index is 9.97. The van der Waals surface area contributed by atoms with Crippen molar-refractivity contribution in [2.24, 2.45) is 0 Å². The molecule has 0 radical (unpaired) electrons. The number of H-pyrrole nitrogens is 1. The first-order valence-corrected chi connectivity index (χ1v) is 13.8. The van der Waals surface area contributed by atoms with Gasteiger partial charge in [0, 0.05) is 23.5 Å². The third kappa shape index (κ3) is 4.34. The van der Waals surface area contributed by atoms with Gasteiger partial charge in [0.15, 0.2) is 11.8 Å². The first kappa shape index (κ1) is 24.5. The van der Waals surface area contributed by atoms with E-state index in [2.05, 4.69) is 46.4 Å². The van der Waals surface area contributed by atoms with Crippen LogP contribution in [0.25, 0.3) is 50.5 Å². The molecule has 0 aliphatic carbocycles. The molecule has 10 heteroatoms. The number of nitrogens with zero attached hydrogens (tertiary/aromatic N) is 4. The molecule has 8 rings (SSSR count). The van der Waals surface area contributed by atoms with Crippen molar-refractivity contribution in [2.45, 2.75) is 24.4 Å². The number of hydrogen-bond donors (Lipinski definition) is 2. The largest absolute Gasteiger partial charge is 0.456 e. The molecule has 2 aliphatic rings. The lowest BCUT2D eigenvalue weighted by atomic mass is 10.0. The second-order valence-electron chi connectivity index (χ2n) is 10.3. The summed E-state index contributed by atoms with van der Waals surface area (Å²) in [6.07, 6.45) is 2.33. The standard InChI is InChI=1S/C31H24ClN5O4/c32-21-13-22-30(36-31(34-22)41-25-16-40-28-24(38)15-39-29(25)28)35-27(21)20-10-6-18(7-11-20)17-4-8-19(9-5-17)23-14-37-12-2-1-3-26(37)33-23/h1-14,24-25,28-29,38H,15-16H2,(H,34,35,36)/t24-,25-,28-,29-/m1/s1. The van der Waals surface area contributed by atoms with Crippen molar-refractivity contribution in [3.8, 4) is 39.7 Å². The van der Waals surface area contributed by atoms with Gasteiger partial charge >= 0.3 is 0 Å². The number of halogens is 1. The number of rotatable bonds is 5. The van der Waals surface area contributed by atoms with Gasteiger partial charge in [-0.15, -0.1) is 0 Å². The molecule has 2 N–H and O–H groups in total. The van der Waals surface area contributed by atoms with Crippen LogP contribution in [0.1, 0.15) is 0 Å². The molecule has 204 valence electrons. The van der Waals surface area contributed by atoms with Crippen molar-refractivity contribution in [3.63, 3.8) is 0 Å². The van der Waals surface area contributed by atoms with Gasteiger partial charge in [-0.1, -0.05) is 66.2 Å². The van der Waals surface area contributed by atoms with Crippen LogP contribution in [-0.2, 0) is 9.47 Å². The average molecular weight is 566 g/mol. The number of aliphatic hydroxyl groups is 1. The van der Waals surface area contributed by atoms with Gasteiger partial charge in [0.05, 0.1) is 35.1 Å². The Kier molecular flexibility index (Phi) is 5.78. The number of pyridine rings is 2. The molecule has 0 saturated carbocycles. The highest BCUT2D eigenvalue weighted by molar-refractivity contribution is 6.33. The fourth-order valence-electron chi connectivity index (χ4n) is 5.57. The SMILES string of the molecule is O[C@@H]1CO[C@H]2[C@@H]1OC[C@H]2Oc1nc2nc(-c3ccc(-c4ccc(-c5cn6ccccc6n5)cc4)cc3)c(Cl)cc2[nH]1. The molecule has 6 aromatic rings. The number of nitrogens with one attached hydrogen (secondary N) is 1. The van der Waals surface area contributed by atoms with Crippen LogP contribution in [0.2, 0.25) is 5.02 Å². The Labute approximate surface area is 239 Å². The van der Waals surface area contributed by atoms with Crippen LogP contribution in [0, 0.1) is 0 Å². The van der Waals surface area contributed by atoms with Crippen LogP contribution in [0.3, 0.4) is 0 Å². The number of fused-ring (bicyclic) bond motifs is 3. The van der Waals surface area contributed by atoms with Crippen LogP contribution in [0.4, 0.5) is 0 Å². The average Bonchev–Trinajstić information content (AvgIpc) is 3.78. The lowest BCUT2D eigenvalue weighted by Crippen LogP contribution is -2.34. The Bertz CT molecular complexity index is 1850. The van der Waals surface area contributed by atoms with E-state index in [4.69, 9.17) is 35.8 Å². The lowest BCUT2D eigenvalue weighted by Gasteiger charge is -2.15. The monoisotopic (exact) mass is 565 g/mol. The van der Waals surface area contributed by atoms with E-state index in [0.717, 1.165) is 33.6 Å². The summed E-state index contributed by atoms with van der Waals surface area (Å²) < 4.78 is 19.3. The van der Waals surface area contributed by atoms with Gasteiger partial charge in [-0.05, 0) is 29.3 Å². The number of ether oxygens (including phenoxy) is 3. The van der Waals surface area contributed by atoms with E-state index >= 15 is 0 Å². The third-order valence-electron chi connectivity index (χ3n) is 7.69. The van der Waals surface area contributed by atoms with E-state index < -0.39 is 6.10 Å². The number of aliphatic hydroxyl groups excluding tert-OH is 1. The topological polar surface area (TPSA) is 107 Å². The zero-order valence-corrected chi connectivity index (χ0v) is 22.4. The highest BCUT2D eigenvalue weighted by Gasteiger charge is 2.48. The molecule has 0 bridgehead atoms.